The Kier molecular flexibility index (Phi) is 7.60. The molecule has 0 spiro atoms. The second-order valence-corrected chi connectivity index (χ2v) is 13.7. The second kappa shape index (κ2) is 10.8. The number of benzene rings is 1. The number of carbonyl (C=O) groups excluding carboxylic acids is 3. The third-order valence-electron chi connectivity index (χ3n) is 10.4. The molecule has 0 aliphatic heterocycles. The number of likely N-dealkylation sites (N-methyl/N-ethyl adjacent to an activating group) is 1. The van der Waals surface area contributed by atoms with E-state index in [0.29, 0.717) is 24.9 Å². The molecule has 1 aromatic carbocycles. The molecule has 10 nitrogen and oxygen atoms in total. The zero-order valence-electron chi connectivity index (χ0n) is 25.2. The fourth-order valence-corrected chi connectivity index (χ4v) is 8.01. The van der Waals surface area contributed by atoms with Gasteiger partial charge < -0.3 is 26.2 Å². The van der Waals surface area contributed by atoms with Gasteiger partial charge in [0.2, 0.25) is 5.78 Å². The highest BCUT2D eigenvalue weighted by Crippen LogP contribution is 2.54. The number of fused-ring (bicyclic) bond motifs is 3. The van der Waals surface area contributed by atoms with E-state index < -0.39 is 93.1 Å². The number of nitrogens with two attached hydrogens (primary N) is 1. The Morgan fingerprint density at radius 2 is 1.69 bits per heavy atom. The van der Waals surface area contributed by atoms with Crippen LogP contribution < -0.4 is 5.73 Å². The summed E-state index contributed by atoms with van der Waals surface area (Å²) in [5.41, 5.74) is -1.01. The lowest BCUT2D eigenvalue weighted by molar-refractivity contribution is -0.153. The molecule has 4 atom stereocenters. The molecule has 1 aromatic rings. The smallest absolute Gasteiger partial charge is 0.417 e. The summed E-state index contributed by atoms with van der Waals surface area (Å²) in [4.78, 5) is 42.8. The monoisotopic (exact) mass is 633 g/mol. The number of carbonyl (C=O) groups is 3. The van der Waals surface area contributed by atoms with Crippen LogP contribution in [0.25, 0.3) is 5.76 Å². The molecule has 45 heavy (non-hydrogen) atoms. The number of aliphatic hydroxyl groups is 3. The van der Waals surface area contributed by atoms with Crippen molar-refractivity contribution in [2.75, 3.05) is 27.2 Å². The molecular formula is C32H38F3N3O7. The van der Waals surface area contributed by atoms with Crippen molar-refractivity contribution in [3.05, 3.63) is 45.2 Å². The number of rotatable bonds is 8. The van der Waals surface area contributed by atoms with E-state index >= 15 is 0 Å². The first-order valence-corrected chi connectivity index (χ1v) is 15.4. The fraction of sp³-hybridized carbons (Fsp3) is 0.594. The van der Waals surface area contributed by atoms with Crippen molar-refractivity contribution in [1.82, 2.24) is 9.80 Å². The van der Waals surface area contributed by atoms with Crippen LogP contribution in [-0.4, -0.2) is 86.5 Å². The minimum absolute atomic E-state index is 0.0439. The van der Waals surface area contributed by atoms with Crippen LogP contribution in [-0.2, 0) is 33.5 Å². The summed E-state index contributed by atoms with van der Waals surface area (Å²) in [5.74, 6) is -8.04. The van der Waals surface area contributed by atoms with Crippen molar-refractivity contribution in [3.8, 4) is 5.75 Å². The maximum absolute atomic E-state index is 14.9. The lowest BCUT2D eigenvalue weighted by Gasteiger charge is -2.50. The lowest BCUT2D eigenvalue weighted by atomic mass is 9.57. The summed E-state index contributed by atoms with van der Waals surface area (Å²) in [6.45, 7) is 1.27. The minimum atomic E-state index is -4.86. The molecule has 13 heteroatoms. The number of primary amides is 1. The van der Waals surface area contributed by atoms with E-state index in [1.807, 2.05) is 4.90 Å². The average molecular weight is 634 g/mol. The van der Waals surface area contributed by atoms with E-state index in [-0.39, 0.29) is 24.1 Å². The molecule has 3 fully saturated rings. The number of alkyl halides is 3. The van der Waals surface area contributed by atoms with Crippen molar-refractivity contribution in [2.45, 2.75) is 69.3 Å². The van der Waals surface area contributed by atoms with Gasteiger partial charge in [0, 0.05) is 31.1 Å². The first kappa shape index (κ1) is 31.6. The molecule has 0 heterocycles. The minimum Gasteiger partial charge on any atom is -0.508 e. The van der Waals surface area contributed by atoms with E-state index in [1.54, 1.807) is 0 Å². The quantitative estimate of drug-likeness (QED) is 0.271. The molecule has 0 saturated heterocycles. The number of Topliss-reactive ketones (excluding diaryl/α,β-unsaturated/α-hetero) is 2. The predicted octanol–water partition coefficient (Wildman–Crippen LogP) is 2.99. The molecule has 6 N–H and O–H groups in total. The molecule has 6 rings (SSSR count). The van der Waals surface area contributed by atoms with Crippen molar-refractivity contribution in [1.29, 1.82) is 0 Å². The number of hydrogen-bond acceptors (Lipinski definition) is 9. The van der Waals surface area contributed by atoms with Crippen molar-refractivity contribution >= 4 is 23.2 Å². The fourth-order valence-electron chi connectivity index (χ4n) is 8.01. The molecule has 0 aromatic heterocycles. The van der Waals surface area contributed by atoms with E-state index in [9.17, 15) is 48.0 Å². The largest absolute Gasteiger partial charge is 0.508 e. The van der Waals surface area contributed by atoms with Gasteiger partial charge in [-0.15, -0.1) is 0 Å². The van der Waals surface area contributed by atoms with E-state index in [4.69, 9.17) is 5.73 Å². The van der Waals surface area contributed by atoms with Gasteiger partial charge in [-0.3, -0.25) is 24.2 Å². The second-order valence-electron chi connectivity index (χ2n) is 13.7. The number of aromatic hydroxyl groups is 1. The van der Waals surface area contributed by atoms with Crippen LogP contribution in [0.5, 0.6) is 5.75 Å². The van der Waals surface area contributed by atoms with E-state index in [1.165, 1.54) is 19.0 Å². The molecule has 0 radical (unpaired) electrons. The molecule has 0 unspecified atom stereocenters. The van der Waals surface area contributed by atoms with Gasteiger partial charge in [-0.2, -0.15) is 13.2 Å². The first-order valence-electron chi connectivity index (χ1n) is 15.4. The van der Waals surface area contributed by atoms with Crippen LogP contribution in [0.2, 0.25) is 0 Å². The lowest BCUT2D eigenvalue weighted by Crippen LogP contribution is -2.65. The Morgan fingerprint density at radius 3 is 2.20 bits per heavy atom. The highest BCUT2D eigenvalue weighted by Gasteiger charge is 2.64. The van der Waals surface area contributed by atoms with Crippen LogP contribution in [0.1, 0.15) is 60.8 Å². The average Bonchev–Trinajstić information content (AvgIpc) is 3.71. The number of amides is 1. The van der Waals surface area contributed by atoms with Crippen LogP contribution in [0, 0.1) is 23.7 Å². The summed E-state index contributed by atoms with van der Waals surface area (Å²) in [6.07, 6.45) is -0.386. The van der Waals surface area contributed by atoms with E-state index in [2.05, 4.69) is 0 Å². The molecule has 5 aliphatic rings. The summed E-state index contributed by atoms with van der Waals surface area (Å²) in [7, 11) is 2.91. The molecular weight excluding hydrogens is 595 g/mol. The van der Waals surface area contributed by atoms with Crippen molar-refractivity contribution < 1.29 is 48.0 Å². The molecule has 3 saturated carbocycles. The number of phenolic OH excluding ortho intramolecular Hbond substituents is 1. The third kappa shape index (κ3) is 5.03. The van der Waals surface area contributed by atoms with Gasteiger partial charge in [0.05, 0.1) is 17.2 Å². The Morgan fingerprint density at radius 1 is 1.07 bits per heavy atom. The Hall–Kier alpha value is -3.42. The third-order valence-corrected chi connectivity index (χ3v) is 10.4. The predicted molar refractivity (Wildman–Crippen MR) is 155 cm³/mol. The number of hydrogen-bond donors (Lipinski definition) is 5. The highest BCUT2D eigenvalue weighted by atomic mass is 19.4. The highest BCUT2D eigenvalue weighted by molar-refractivity contribution is 6.24. The van der Waals surface area contributed by atoms with Gasteiger partial charge in [-0.1, -0.05) is 6.42 Å². The SMILES string of the molecule is CN(C)[C@@H]1C(=O)C(C(N)=O)=C(O)[C@@]2(O)C(=O)C3=C(O)c4c(O)cc(CN(CC5CCC5)CC5CC5)c(C(F)(F)F)c4C[C@H]3C[C@@H]12. The maximum atomic E-state index is 14.9. The summed E-state index contributed by atoms with van der Waals surface area (Å²) in [6, 6.07) is -0.333. The molecule has 5 aliphatic carbocycles. The van der Waals surface area contributed by atoms with Gasteiger partial charge in [0.1, 0.15) is 22.8 Å². The standard InChI is InChI=1S/C32H38F3N3O7/c1-37(2)25-19-9-16-8-18-22(26(40)21(16)28(42)31(19,45)29(43)23(27(25)41)30(36)44)20(39)10-17(24(18)32(33,34)35)13-38(12-15-6-7-15)11-14-4-3-5-14/h10,14-16,19,25,39-40,43,45H,3-9,11-13H2,1-2H3,(H2,36,44)/t16-,19-,25-,31-/m0/s1. The molecule has 244 valence electrons. The van der Waals surface area contributed by atoms with Crippen LogP contribution in [0.4, 0.5) is 13.2 Å². The Balaban J connectivity index is 1.48. The van der Waals surface area contributed by atoms with Crippen LogP contribution in [0.15, 0.2) is 23.0 Å². The van der Waals surface area contributed by atoms with Gasteiger partial charge in [-0.05, 0) is 87.6 Å². The number of nitrogens with zero attached hydrogens (tertiary/aromatic N) is 2. The van der Waals surface area contributed by atoms with Gasteiger partial charge in [-0.25, -0.2) is 0 Å². The van der Waals surface area contributed by atoms with Crippen LogP contribution in [0.3, 0.4) is 0 Å². The van der Waals surface area contributed by atoms with Gasteiger partial charge >= 0.3 is 6.18 Å². The zero-order chi connectivity index (χ0) is 32.7. The first-order chi connectivity index (χ1) is 21.0. The van der Waals surface area contributed by atoms with Crippen LogP contribution >= 0.6 is 0 Å². The number of ketones is 2. The van der Waals surface area contributed by atoms with Gasteiger partial charge in [0.25, 0.3) is 5.91 Å². The summed E-state index contributed by atoms with van der Waals surface area (Å²) in [5, 5.41) is 45.2. The van der Waals surface area contributed by atoms with Crippen molar-refractivity contribution in [2.24, 2.45) is 29.4 Å². The zero-order valence-corrected chi connectivity index (χ0v) is 25.2. The molecule has 1 amide bonds. The van der Waals surface area contributed by atoms with Gasteiger partial charge in [0.15, 0.2) is 11.4 Å². The number of aliphatic hydroxyl groups excluding tert-OH is 2. The molecule has 0 bridgehead atoms. The number of phenols is 1. The number of halogens is 3. The maximum Gasteiger partial charge on any atom is 0.417 e. The topological polar surface area (TPSA) is 165 Å². The van der Waals surface area contributed by atoms with E-state index in [0.717, 1.165) is 38.2 Å². The van der Waals surface area contributed by atoms with Crippen molar-refractivity contribution in [3.63, 3.8) is 0 Å². The Labute approximate surface area is 258 Å². The normalized spacial score (nSPS) is 28.8. The summed E-state index contributed by atoms with van der Waals surface area (Å²) < 4.78 is 44.8. The Bertz CT molecular complexity index is 1540. The summed E-state index contributed by atoms with van der Waals surface area (Å²) >= 11 is 0.